The number of nitrogens with zero attached hydrogens (tertiary/aromatic N) is 1. The Labute approximate surface area is 134 Å². The van der Waals surface area contributed by atoms with Crippen molar-refractivity contribution in [2.45, 2.75) is 26.2 Å². The van der Waals surface area contributed by atoms with Crippen LogP contribution >= 0.6 is 11.6 Å². The third-order valence-corrected chi connectivity index (χ3v) is 6.97. The molecule has 4 aliphatic carbocycles. The summed E-state index contributed by atoms with van der Waals surface area (Å²) in [5, 5.41) is 0.610. The third kappa shape index (κ3) is 1.48. The maximum absolute atomic E-state index is 13.0. The Morgan fingerprint density at radius 3 is 2.14 bits per heavy atom. The molecule has 1 aromatic carbocycles. The average molecular weight is 316 g/mol. The average Bonchev–Trinajstić information content (AvgIpc) is 3.28. The van der Waals surface area contributed by atoms with Crippen molar-refractivity contribution in [3.63, 3.8) is 0 Å². The lowest BCUT2D eigenvalue weighted by atomic mass is 9.59. The van der Waals surface area contributed by atoms with Crippen LogP contribution < -0.4 is 4.90 Å². The van der Waals surface area contributed by atoms with Crippen LogP contribution in [0.5, 0.6) is 0 Å². The number of carbonyl (C=O) groups excluding carboxylic acids is 2. The maximum Gasteiger partial charge on any atom is 0.237 e. The third-order valence-electron chi connectivity index (χ3n) is 6.56. The number of imide groups is 1. The zero-order valence-electron chi connectivity index (χ0n) is 12.5. The first kappa shape index (κ1) is 13.1. The van der Waals surface area contributed by atoms with Crippen LogP contribution in [-0.4, -0.2) is 11.8 Å². The smallest absolute Gasteiger partial charge is 0.237 e. The van der Waals surface area contributed by atoms with Gasteiger partial charge in [0.25, 0.3) is 0 Å². The van der Waals surface area contributed by atoms with Crippen molar-refractivity contribution >= 4 is 29.1 Å². The summed E-state index contributed by atoms with van der Waals surface area (Å²) in [6, 6.07) is 5.48. The van der Waals surface area contributed by atoms with Crippen LogP contribution in [0.3, 0.4) is 0 Å². The molecule has 0 N–H and O–H groups in total. The van der Waals surface area contributed by atoms with Crippen LogP contribution in [0.25, 0.3) is 0 Å². The molecule has 0 radical (unpaired) electrons. The lowest BCUT2D eigenvalue weighted by Crippen LogP contribution is -2.43. The monoisotopic (exact) mass is 315 g/mol. The summed E-state index contributed by atoms with van der Waals surface area (Å²) in [7, 11) is 0. The van der Waals surface area contributed by atoms with Gasteiger partial charge in [0, 0.05) is 5.02 Å². The zero-order chi connectivity index (χ0) is 15.2. The summed E-state index contributed by atoms with van der Waals surface area (Å²) in [6.45, 7) is 1.92. The minimum atomic E-state index is -0.0601. The highest BCUT2D eigenvalue weighted by molar-refractivity contribution is 6.32. The summed E-state index contributed by atoms with van der Waals surface area (Å²) in [4.78, 5) is 27.4. The largest absolute Gasteiger partial charge is 0.274 e. The molecule has 1 heterocycles. The number of fused-ring (bicyclic) bond motifs is 1. The van der Waals surface area contributed by atoms with E-state index in [0.29, 0.717) is 22.5 Å². The summed E-state index contributed by atoms with van der Waals surface area (Å²) < 4.78 is 0. The van der Waals surface area contributed by atoms with Gasteiger partial charge in [-0.3, -0.25) is 9.59 Å². The molecule has 4 heteroatoms. The van der Waals surface area contributed by atoms with Gasteiger partial charge in [0.1, 0.15) is 0 Å². The predicted molar refractivity (Wildman–Crippen MR) is 83.5 cm³/mol. The highest BCUT2D eigenvalue weighted by Gasteiger charge is 2.68. The molecule has 3 nitrogen and oxygen atoms in total. The van der Waals surface area contributed by atoms with E-state index in [0.717, 1.165) is 30.2 Å². The number of hydrogen-bond donors (Lipinski definition) is 0. The number of rotatable bonds is 1. The second-order valence-corrected chi connectivity index (χ2v) is 7.87. The zero-order valence-corrected chi connectivity index (χ0v) is 13.2. The SMILES string of the molecule is Cc1ccc(N2C(=O)[C@@H]3[C@@H]4CC[C@@H]([C@H]5C[C@H]54)[C@@H]3C2=O)cc1Cl. The number of aryl methyl sites for hydroxylation is 1. The van der Waals surface area contributed by atoms with E-state index >= 15 is 0 Å². The number of halogens is 1. The number of hydrogen-bond acceptors (Lipinski definition) is 2. The quantitative estimate of drug-likeness (QED) is 0.745. The first-order valence-corrected chi connectivity index (χ1v) is 8.59. The second kappa shape index (κ2) is 4.14. The van der Waals surface area contributed by atoms with Gasteiger partial charge in [-0.1, -0.05) is 17.7 Å². The Bertz CT molecular complexity index is 681. The number of anilines is 1. The van der Waals surface area contributed by atoms with Gasteiger partial charge < -0.3 is 0 Å². The Morgan fingerprint density at radius 1 is 1.00 bits per heavy atom. The molecule has 6 rings (SSSR count). The van der Waals surface area contributed by atoms with E-state index in [2.05, 4.69) is 0 Å². The van der Waals surface area contributed by atoms with E-state index in [1.54, 1.807) is 6.07 Å². The molecule has 22 heavy (non-hydrogen) atoms. The first-order valence-electron chi connectivity index (χ1n) is 8.22. The van der Waals surface area contributed by atoms with Crippen molar-refractivity contribution in [1.29, 1.82) is 0 Å². The van der Waals surface area contributed by atoms with Crippen molar-refractivity contribution < 1.29 is 9.59 Å². The predicted octanol–water partition coefficient (Wildman–Crippen LogP) is 3.43. The van der Waals surface area contributed by atoms with E-state index in [4.69, 9.17) is 11.6 Å². The molecule has 114 valence electrons. The van der Waals surface area contributed by atoms with E-state index in [9.17, 15) is 9.59 Å². The summed E-state index contributed by atoms with van der Waals surface area (Å²) in [6.07, 6.45) is 3.52. The van der Waals surface area contributed by atoms with Gasteiger partial charge in [-0.15, -0.1) is 0 Å². The van der Waals surface area contributed by atoms with Crippen LogP contribution in [0.4, 0.5) is 5.69 Å². The Balaban J connectivity index is 1.57. The van der Waals surface area contributed by atoms with Crippen LogP contribution in [0.1, 0.15) is 24.8 Å². The highest BCUT2D eigenvalue weighted by Crippen LogP contribution is 2.68. The van der Waals surface area contributed by atoms with Gasteiger partial charge in [0.2, 0.25) is 11.8 Å². The van der Waals surface area contributed by atoms with E-state index in [1.807, 2.05) is 19.1 Å². The van der Waals surface area contributed by atoms with Gasteiger partial charge in [-0.2, -0.15) is 0 Å². The summed E-state index contributed by atoms with van der Waals surface area (Å²) >= 11 is 6.19. The second-order valence-electron chi connectivity index (χ2n) is 7.47. The van der Waals surface area contributed by atoms with E-state index < -0.39 is 0 Å². The van der Waals surface area contributed by atoms with Gasteiger partial charge in [0.05, 0.1) is 17.5 Å². The van der Waals surface area contributed by atoms with E-state index in [1.165, 1.54) is 11.3 Å². The molecule has 2 amide bonds. The molecular weight excluding hydrogens is 298 g/mol. The minimum Gasteiger partial charge on any atom is -0.274 e. The van der Waals surface area contributed by atoms with Gasteiger partial charge in [-0.25, -0.2) is 4.90 Å². The molecule has 2 bridgehead atoms. The molecule has 6 atom stereocenters. The molecule has 0 aromatic heterocycles. The molecule has 5 aliphatic rings. The van der Waals surface area contributed by atoms with Crippen molar-refractivity contribution in [1.82, 2.24) is 0 Å². The molecule has 1 aromatic rings. The van der Waals surface area contributed by atoms with Crippen LogP contribution in [-0.2, 0) is 9.59 Å². The highest BCUT2D eigenvalue weighted by atomic mass is 35.5. The normalized spacial score (nSPS) is 41.6. The van der Waals surface area contributed by atoms with Crippen molar-refractivity contribution in [3.8, 4) is 0 Å². The fourth-order valence-electron chi connectivity index (χ4n) is 5.51. The van der Waals surface area contributed by atoms with Gasteiger partial charge >= 0.3 is 0 Å². The van der Waals surface area contributed by atoms with Crippen LogP contribution in [0, 0.1) is 42.4 Å². The molecule has 4 saturated carbocycles. The standard InChI is InChI=1S/C18H18ClNO2/c1-8-2-3-9(6-14(8)19)20-17(21)15-10-4-5-11(13-7-12(10)13)16(15)18(20)22/h2-3,6,10-13,15-16H,4-5,7H2,1H3/t10-,11+,12+,13-,15-,16+. The Kier molecular flexibility index (Phi) is 2.47. The maximum atomic E-state index is 13.0. The number of benzene rings is 1. The Morgan fingerprint density at radius 2 is 1.59 bits per heavy atom. The Hall–Kier alpha value is -1.35. The number of amides is 2. The van der Waals surface area contributed by atoms with Crippen LogP contribution in [0.2, 0.25) is 5.02 Å². The molecule has 0 unspecified atom stereocenters. The first-order chi connectivity index (χ1) is 10.6. The van der Waals surface area contributed by atoms with Gasteiger partial charge in [-0.05, 0) is 67.6 Å². The summed E-state index contributed by atoms with van der Waals surface area (Å²) in [5.74, 6) is 2.26. The molecular formula is C18H18ClNO2. The van der Waals surface area contributed by atoms with Crippen molar-refractivity contribution in [3.05, 3.63) is 28.8 Å². The number of carbonyl (C=O) groups is 2. The van der Waals surface area contributed by atoms with E-state index in [-0.39, 0.29) is 23.7 Å². The van der Waals surface area contributed by atoms with Gasteiger partial charge in [0.15, 0.2) is 0 Å². The lowest BCUT2D eigenvalue weighted by molar-refractivity contribution is -0.129. The molecule has 1 saturated heterocycles. The molecule has 0 spiro atoms. The molecule has 1 aliphatic heterocycles. The van der Waals surface area contributed by atoms with Crippen molar-refractivity contribution in [2.75, 3.05) is 4.90 Å². The fraction of sp³-hybridized carbons (Fsp3) is 0.556. The topological polar surface area (TPSA) is 37.4 Å². The fourth-order valence-corrected chi connectivity index (χ4v) is 5.69. The lowest BCUT2D eigenvalue weighted by Gasteiger charge is -2.42. The minimum absolute atomic E-state index is 0.0231. The molecule has 5 fully saturated rings. The van der Waals surface area contributed by atoms with Crippen LogP contribution in [0.15, 0.2) is 18.2 Å². The summed E-state index contributed by atoms with van der Waals surface area (Å²) in [5.41, 5.74) is 1.61. The van der Waals surface area contributed by atoms with Crippen molar-refractivity contribution in [2.24, 2.45) is 35.5 Å².